The highest BCUT2D eigenvalue weighted by Gasteiger charge is 2.45. The van der Waals surface area contributed by atoms with Crippen LogP contribution in [-0.2, 0) is 9.84 Å². The van der Waals surface area contributed by atoms with Gasteiger partial charge in [0.25, 0.3) is 0 Å². The lowest BCUT2D eigenvalue weighted by atomic mass is 10.0. The van der Waals surface area contributed by atoms with Crippen molar-refractivity contribution in [3.05, 3.63) is 35.9 Å². The number of benzene rings is 1. The number of rotatable bonds is 4. The highest BCUT2D eigenvalue weighted by molar-refractivity contribution is 7.91. The molecule has 0 saturated heterocycles. The average Bonchev–Trinajstić information content (AvgIpc) is 3.07. The second kappa shape index (κ2) is 4.42. The predicted molar refractivity (Wildman–Crippen MR) is 69.6 cm³/mol. The Bertz CT molecular complexity index is 483. The molecule has 1 aliphatic rings. The van der Waals surface area contributed by atoms with E-state index in [4.69, 9.17) is 5.73 Å². The third-order valence-electron chi connectivity index (χ3n) is 3.78. The summed E-state index contributed by atoms with van der Waals surface area (Å²) in [7, 11) is -3.04. The van der Waals surface area contributed by atoms with E-state index in [9.17, 15) is 8.42 Å². The number of nitrogens with two attached hydrogens (primary N) is 1. The van der Waals surface area contributed by atoms with Crippen molar-refractivity contribution in [2.24, 2.45) is 11.7 Å². The Morgan fingerprint density at radius 1 is 1.29 bits per heavy atom. The lowest BCUT2D eigenvalue weighted by molar-refractivity contribution is 0.529. The highest BCUT2D eigenvalue weighted by Crippen LogP contribution is 2.49. The summed E-state index contributed by atoms with van der Waals surface area (Å²) in [6.45, 7) is 1.71. The molecule has 3 nitrogen and oxygen atoms in total. The van der Waals surface area contributed by atoms with E-state index in [1.807, 2.05) is 18.2 Å². The number of hydrogen-bond donors (Lipinski definition) is 1. The van der Waals surface area contributed by atoms with Crippen molar-refractivity contribution in [3.8, 4) is 0 Å². The number of sulfone groups is 1. The van der Waals surface area contributed by atoms with Gasteiger partial charge in [0.2, 0.25) is 0 Å². The molecule has 0 bridgehead atoms. The van der Waals surface area contributed by atoms with Crippen LogP contribution in [0.1, 0.15) is 24.8 Å². The third kappa shape index (κ3) is 2.69. The van der Waals surface area contributed by atoms with Crippen LogP contribution in [0.15, 0.2) is 30.3 Å². The summed E-state index contributed by atoms with van der Waals surface area (Å²) < 4.78 is 22.9. The van der Waals surface area contributed by atoms with Crippen molar-refractivity contribution in [1.29, 1.82) is 0 Å². The molecule has 1 saturated carbocycles. The fourth-order valence-corrected chi connectivity index (χ4v) is 3.13. The molecule has 0 aromatic heterocycles. The normalized spacial score (nSPS) is 27.5. The van der Waals surface area contributed by atoms with E-state index in [1.54, 1.807) is 6.92 Å². The Morgan fingerprint density at radius 2 is 1.88 bits per heavy atom. The molecule has 0 spiro atoms. The largest absolute Gasteiger partial charge is 0.326 e. The first-order valence-corrected chi connectivity index (χ1v) is 7.86. The van der Waals surface area contributed by atoms with Crippen LogP contribution in [0.25, 0.3) is 0 Å². The zero-order chi connectivity index (χ0) is 12.6. The summed E-state index contributed by atoms with van der Waals surface area (Å²) in [5.74, 6) is 0.748. The van der Waals surface area contributed by atoms with Crippen LogP contribution in [-0.4, -0.2) is 26.0 Å². The monoisotopic (exact) mass is 253 g/mol. The molecule has 0 amide bonds. The molecular weight excluding hydrogens is 234 g/mol. The van der Waals surface area contributed by atoms with Gasteiger partial charge in [-0.1, -0.05) is 30.3 Å². The second-order valence-corrected chi connectivity index (χ2v) is 7.43. The van der Waals surface area contributed by atoms with Crippen LogP contribution in [0.2, 0.25) is 0 Å². The van der Waals surface area contributed by atoms with E-state index < -0.39 is 15.1 Å². The lowest BCUT2D eigenvalue weighted by Gasteiger charge is -2.18. The molecule has 0 heterocycles. The molecule has 17 heavy (non-hydrogen) atoms. The Labute approximate surface area is 103 Å². The lowest BCUT2D eigenvalue weighted by Crippen LogP contribution is -2.40. The minimum atomic E-state index is -3.04. The Hall–Kier alpha value is -0.870. The van der Waals surface area contributed by atoms with Crippen LogP contribution in [0.5, 0.6) is 0 Å². The highest BCUT2D eigenvalue weighted by atomic mass is 32.2. The van der Waals surface area contributed by atoms with Gasteiger partial charge in [-0.05, 0) is 30.7 Å². The van der Waals surface area contributed by atoms with Crippen molar-refractivity contribution in [2.75, 3.05) is 6.26 Å². The molecule has 1 fully saturated rings. The molecule has 4 atom stereocenters. The van der Waals surface area contributed by atoms with Gasteiger partial charge in [-0.25, -0.2) is 8.42 Å². The van der Waals surface area contributed by atoms with Crippen molar-refractivity contribution >= 4 is 9.84 Å². The van der Waals surface area contributed by atoms with Crippen LogP contribution in [0, 0.1) is 5.92 Å². The van der Waals surface area contributed by atoms with E-state index >= 15 is 0 Å². The van der Waals surface area contributed by atoms with Crippen molar-refractivity contribution in [2.45, 2.75) is 30.6 Å². The molecule has 1 aliphatic carbocycles. The van der Waals surface area contributed by atoms with E-state index in [1.165, 1.54) is 11.8 Å². The fraction of sp³-hybridized carbons (Fsp3) is 0.538. The maximum absolute atomic E-state index is 11.5. The van der Waals surface area contributed by atoms with Gasteiger partial charge in [0.15, 0.2) is 9.84 Å². The average molecular weight is 253 g/mol. The van der Waals surface area contributed by atoms with E-state index in [-0.39, 0.29) is 6.04 Å². The molecule has 4 unspecified atom stereocenters. The summed E-state index contributed by atoms with van der Waals surface area (Å²) in [5.41, 5.74) is 7.33. The van der Waals surface area contributed by atoms with Gasteiger partial charge in [-0.15, -0.1) is 0 Å². The Kier molecular flexibility index (Phi) is 3.27. The Morgan fingerprint density at radius 3 is 2.41 bits per heavy atom. The molecule has 0 aliphatic heterocycles. The van der Waals surface area contributed by atoms with Crippen molar-refractivity contribution < 1.29 is 8.42 Å². The first kappa shape index (κ1) is 12.6. The maximum atomic E-state index is 11.5. The maximum Gasteiger partial charge on any atom is 0.151 e. The summed E-state index contributed by atoms with van der Waals surface area (Å²) in [6, 6.07) is 9.92. The molecule has 1 aromatic rings. The standard InChI is InChI=1S/C13H19NO2S/c1-9(17(2,15)16)13(14)12-8-11(12)10-6-4-3-5-7-10/h3-7,9,11-13H,8,14H2,1-2H3. The molecular formula is C13H19NO2S. The van der Waals surface area contributed by atoms with E-state index in [2.05, 4.69) is 12.1 Å². The molecule has 4 heteroatoms. The third-order valence-corrected chi connectivity index (χ3v) is 5.44. The quantitative estimate of drug-likeness (QED) is 0.885. The van der Waals surface area contributed by atoms with Crippen molar-refractivity contribution in [1.82, 2.24) is 0 Å². The van der Waals surface area contributed by atoms with Crippen LogP contribution in [0.4, 0.5) is 0 Å². The van der Waals surface area contributed by atoms with Crippen LogP contribution >= 0.6 is 0 Å². The smallest absolute Gasteiger partial charge is 0.151 e. The summed E-state index contributed by atoms with van der Waals surface area (Å²) in [5, 5.41) is -0.457. The fourth-order valence-electron chi connectivity index (χ4n) is 2.36. The minimum Gasteiger partial charge on any atom is -0.326 e. The van der Waals surface area contributed by atoms with Crippen molar-refractivity contribution in [3.63, 3.8) is 0 Å². The van der Waals surface area contributed by atoms with Gasteiger partial charge in [0.1, 0.15) is 0 Å². The van der Waals surface area contributed by atoms with Gasteiger partial charge in [0, 0.05) is 12.3 Å². The SMILES string of the molecule is CC(C(N)C1CC1c1ccccc1)S(C)(=O)=O. The second-order valence-electron chi connectivity index (χ2n) is 5.03. The zero-order valence-electron chi connectivity index (χ0n) is 10.2. The van der Waals surface area contributed by atoms with Gasteiger partial charge in [-0.2, -0.15) is 0 Å². The first-order chi connectivity index (χ1) is 7.91. The summed E-state index contributed by atoms with van der Waals surface area (Å²) in [6.07, 6.45) is 2.27. The Balaban J connectivity index is 2.04. The van der Waals surface area contributed by atoms with Gasteiger partial charge in [-0.3, -0.25) is 0 Å². The van der Waals surface area contributed by atoms with Gasteiger partial charge < -0.3 is 5.73 Å². The first-order valence-electron chi connectivity index (χ1n) is 5.90. The van der Waals surface area contributed by atoms with E-state index in [0.717, 1.165) is 6.42 Å². The predicted octanol–water partition coefficient (Wildman–Crippen LogP) is 1.55. The zero-order valence-corrected chi connectivity index (χ0v) is 11.0. The molecule has 94 valence electrons. The van der Waals surface area contributed by atoms with Crippen LogP contribution in [0.3, 0.4) is 0 Å². The topological polar surface area (TPSA) is 60.2 Å². The van der Waals surface area contributed by atoms with E-state index in [0.29, 0.717) is 11.8 Å². The summed E-state index contributed by atoms with van der Waals surface area (Å²) in [4.78, 5) is 0. The molecule has 2 N–H and O–H groups in total. The van der Waals surface area contributed by atoms with Crippen LogP contribution < -0.4 is 5.73 Å². The molecule has 0 radical (unpaired) electrons. The molecule has 2 rings (SSSR count). The summed E-state index contributed by atoms with van der Waals surface area (Å²) >= 11 is 0. The molecule has 1 aromatic carbocycles. The van der Waals surface area contributed by atoms with Gasteiger partial charge >= 0.3 is 0 Å². The van der Waals surface area contributed by atoms with Gasteiger partial charge in [0.05, 0.1) is 5.25 Å². The number of hydrogen-bond acceptors (Lipinski definition) is 3. The minimum absolute atomic E-state index is 0.254.